The number of aromatic nitrogens is 4. The summed E-state index contributed by atoms with van der Waals surface area (Å²) in [4.78, 5) is 28.2. The molecule has 3 aromatic rings. The maximum Gasteiger partial charge on any atom is 0.250 e. The van der Waals surface area contributed by atoms with Gasteiger partial charge in [-0.2, -0.15) is 0 Å². The van der Waals surface area contributed by atoms with Crippen LogP contribution in [0, 0.1) is 0 Å². The molecule has 1 saturated heterocycles. The maximum atomic E-state index is 12.3. The Kier molecular flexibility index (Phi) is 5.62. The van der Waals surface area contributed by atoms with Gasteiger partial charge >= 0.3 is 0 Å². The molecule has 1 aliphatic carbocycles. The van der Waals surface area contributed by atoms with Gasteiger partial charge in [0.05, 0.1) is 17.6 Å². The van der Waals surface area contributed by atoms with Gasteiger partial charge in [-0.05, 0) is 37.1 Å². The molecular weight excluding hydrogens is 390 g/mol. The lowest BCUT2D eigenvalue weighted by molar-refractivity contribution is 0.503. The van der Waals surface area contributed by atoms with Crippen molar-refractivity contribution < 1.29 is 0 Å². The summed E-state index contributed by atoms with van der Waals surface area (Å²) in [7, 11) is 0. The highest BCUT2D eigenvalue weighted by atomic mass is 16.1. The van der Waals surface area contributed by atoms with Crippen molar-refractivity contribution in [3.63, 3.8) is 0 Å². The van der Waals surface area contributed by atoms with E-state index in [9.17, 15) is 4.79 Å². The van der Waals surface area contributed by atoms with Gasteiger partial charge in [-0.15, -0.1) is 0 Å². The molecule has 0 bridgehead atoms. The van der Waals surface area contributed by atoms with Crippen LogP contribution in [-0.4, -0.2) is 45.7 Å². The van der Waals surface area contributed by atoms with Gasteiger partial charge in [0.15, 0.2) is 0 Å². The minimum atomic E-state index is 0.0526. The van der Waals surface area contributed by atoms with Crippen LogP contribution < -0.4 is 21.1 Å². The van der Waals surface area contributed by atoms with Gasteiger partial charge in [-0.3, -0.25) is 4.79 Å². The summed E-state index contributed by atoms with van der Waals surface area (Å²) in [6, 6.07) is 9.66. The minimum Gasteiger partial charge on any atom is -0.368 e. The normalized spacial score (nSPS) is 17.1. The third-order valence-corrected chi connectivity index (χ3v) is 6.08. The van der Waals surface area contributed by atoms with Crippen LogP contribution in [0.1, 0.15) is 31.7 Å². The predicted octanol–water partition coefficient (Wildman–Crippen LogP) is 2.97. The van der Waals surface area contributed by atoms with Gasteiger partial charge in [0.1, 0.15) is 5.82 Å². The second kappa shape index (κ2) is 8.85. The number of pyridine rings is 2. The molecule has 0 aromatic carbocycles. The zero-order chi connectivity index (χ0) is 21.0. The predicted molar refractivity (Wildman–Crippen MR) is 122 cm³/mol. The summed E-state index contributed by atoms with van der Waals surface area (Å²) in [6.07, 6.45) is 10.0. The van der Waals surface area contributed by atoms with Crippen molar-refractivity contribution in [2.24, 2.45) is 0 Å². The van der Waals surface area contributed by atoms with Crippen LogP contribution >= 0.6 is 0 Å². The Morgan fingerprint density at radius 3 is 2.61 bits per heavy atom. The number of hydrogen-bond donors (Lipinski definition) is 2. The molecule has 31 heavy (non-hydrogen) atoms. The fraction of sp³-hybridized carbons (Fsp3) is 0.391. The van der Waals surface area contributed by atoms with Gasteiger partial charge in [0.2, 0.25) is 5.95 Å². The molecule has 160 valence electrons. The molecule has 0 spiro atoms. The molecule has 3 aromatic heterocycles. The molecule has 8 nitrogen and oxygen atoms in total. The van der Waals surface area contributed by atoms with Crippen LogP contribution in [0.25, 0.3) is 11.3 Å². The Morgan fingerprint density at radius 1 is 1.00 bits per heavy atom. The molecule has 2 N–H and O–H groups in total. The van der Waals surface area contributed by atoms with Crippen LogP contribution in [0.4, 0.5) is 17.5 Å². The number of nitrogens with zero attached hydrogens (tertiary/aromatic N) is 5. The molecule has 8 heteroatoms. The molecule has 1 saturated carbocycles. The molecule has 1 aliphatic heterocycles. The number of rotatable bonds is 5. The summed E-state index contributed by atoms with van der Waals surface area (Å²) < 4.78 is 1.87. The van der Waals surface area contributed by atoms with Crippen LogP contribution in [-0.2, 0) is 0 Å². The van der Waals surface area contributed by atoms with Crippen molar-refractivity contribution >= 4 is 17.5 Å². The van der Waals surface area contributed by atoms with E-state index in [1.807, 2.05) is 35.2 Å². The smallest absolute Gasteiger partial charge is 0.250 e. The first-order valence-electron chi connectivity index (χ1n) is 11.0. The van der Waals surface area contributed by atoms with Crippen molar-refractivity contribution in [2.45, 2.75) is 31.7 Å². The van der Waals surface area contributed by atoms with Crippen molar-refractivity contribution in [1.82, 2.24) is 24.8 Å². The fourth-order valence-electron chi connectivity index (χ4n) is 4.39. The van der Waals surface area contributed by atoms with E-state index in [4.69, 9.17) is 0 Å². The van der Waals surface area contributed by atoms with E-state index in [2.05, 4.69) is 36.6 Å². The highest BCUT2D eigenvalue weighted by Crippen LogP contribution is 2.29. The summed E-state index contributed by atoms with van der Waals surface area (Å²) in [6.45, 7) is 3.97. The summed E-state index contributed by atoms with van der Waals surface area (Å²) in [5, 5.41) is 6.55. The molecule has 0 amide bonds. The van der Waals surface area contributed by atoms with E-state index in [-0.39, 0.29) is 5.56 Å². The first kappa shape index (κ1) is 19.7. The maximum absolute atomic E-state index is 12.3. The SMILES string of the molecule is O=c1ccc(-c2ccnc(Nc3ccc(N4CCNCC4)cn3)n2)cn1C1CCCC1. The van der Waals surface area contributed by atoms with Gasteiger partial charge in [0, 0.05) is 56.2 Å². The fourth-order valence-corrected chi connectivity index (χ4v) is 4.39. The van der Waals surface area contributed by atoms with Gasteiger partial charge < -0.3 is 20.1 Å². The van der Waals surface area contributed by atoms with Crippen LogP contribution in [0.5, 0.6) is 0 Å². The Bertz CT molecular complexity index is 1080. The molecule has 0 radical (unpaired) electrons. The van der Waals surface area contributed by atoms with Crippen LogP contribution in [0.3, 0.4) is 0 Å². The topological polar surface area (TPSA) is 88.0 Å². The molecule has 0 unspecified atom stereocenters. The van der Waals surface area contributed by atoms with Gasteiger partial charge in [0.25, 0.3) is 5.56 Å². The summed E-state index contributed by atoms with van der Waals surface area (Å²) in [5.41, 5.74) is 2.87. The number of hydrogen-bond acceptors (Lipinski definition) is 7. The highest BCUT2D eigenvalue weighted by molar-refractivity contribution is 5.61. The number of nitrogens with one attached hydrogen (secondary N) is 2. The van der Waals surface area contributed by atoms with E-state index in [0.29, 0.717) is 17.8 Å². The van der Waals surface area contributed by atoms with E-state index < -0.39 is 0 Å². The standard InChI is InChI=1S/C23H27N7O/c31-22-8-5-17(16-30(22)18-3-1-2-4-18)20-9-10-25-23(27-20)28-21-7-6-19(15-26-21)29-13-11-24-12-14-29/h5-10,15-16,18,24H,1-4,11-14H2,(H,25,26,27,28). The van der Waals surface area contributed by atoms with E-state index in [1.54, 1.807) is 12.3 Å². The van der Waals surface area contributed by atoms with Crippen molar-refractivity contribution in [3.05, 3.63) is 59.3 Å². The minimum absolute atomic E-state index is 0.0526. The molecule has 0 atom stereocenters. The lowest BCUT2D eigenvalue weighted by Crippen LogP contribution is -2.43. The van der Waals surface area contributed by atoms with Crippen LogP contribution in [0.2, 0.25) is 0 Å². The quantitative estimate of drug-likeness (QED) is 0.660. The van der Waals surface area contributed by atoms with E-state index in [1.165, 1.54) is 12.8 Å². The lowest BCUT2D eigenvalue weighted by Gasteiger charge is -2.29. The van der Waals surface area contributed by atoms with E-state index in [0.717, 1.165) is 56.0 Å². The zero-order valence-electron chi connectivity index (χ0n) is 17.5. The Labute approximate surface area is 181 Å². The molecule has 5 rings (SSSR count). The average molecular weight is 418 g/mol. The summed E-state index contributed by atoms with van der Waals surface area (Å²) in [5.74, 6) is 1.19. The number of anilines is 3. The molecule has 4 heterocycles. The van der Waals surface area contributed by atoms with Gasteiger partial charge in [-0.1, -0.05) is 12.8 Å². The van der Waals surface area contributed by atoms with Crippen molar-refractivity contribution in [3.8, 4) is 11.3 Å². The van der Waals surface area contributed by atoms with Gasteiger partial charge in [-0.25, -0.2) is 15.0 Å². The average Bonchev–Trinajstić information content (AvgIpc) is 3.35. The monoisotopic (exact) mass is 417 g/mol. The summed E-state index contributed by atoms with van der Waals surface area (Å²) >= 11 is 0. The van der Waals surface area contributed by atoms with E-state index >= 15 is 0 Å². The van der Waals surface area contributed by atoms with Crippen molar-refractivity contribution in [2.75, 3.05) is 36.4 Å². The first-order valence-corrected chi connectivity index (χ1v) is 11.0. The zero-order valence-corrected chi connectivity index (χ0v) is 17.5. The largest absolute Gasteiger partial charge is 0.368 e. The first-order chi connectivity index (χ1) is 15.3. The Hall–Kier alpha value is -3.26. The second-order valence-corrected chi connectivity index (χ2v) is 8.13. The highest BCUT2D eigenvalue weighted by Gasteiger charge is 2.18. The number of piperazine rings is 1. The van der Waals surface area contributed by atoms with Crippen LogP contribution in [0.15, 0.2) is 53.7 Å². The third-order valence-electron chi connectivity index (χ3n) is 6.08. The molecule has 2 aliphatic rings. The third kappa shape index (κ3) is 4.44. The Balaban J connectivity index is 1.33. The molecular formula is C23H27N7O. The lowest BCUT2D eigenvalue weighted by atomic mass is 10.1. The van der Waals surface area contributed by atoms with Crippen molar-refractivity contribution in [1.29, 1.82) is 0 Å². The second-order valence-electron chi connectivity index (χ2n) is 8.13. The molecule has 2 fully saturated rings. The Morgan fingerprint density at radius 2 is 1.84 bits per heavy atom.